The van der Waals surface area contributed by atoms with Gasteiger partial charge in [0.2, 0.25) is 0 Å². The fourth-order valence-electron chi connectivity index (χ4n) is 1.65. The summed E-state index contributed by atoms with van der Waals surface area (Å²) in [5, 5.41) is 0. The summed E-state index contributed by atoms with van der Waals surface area (Å²) in [5.74, 6) is 1.01. The molecule has 0 spiro atoms. The normalized spacial score (nSPS) is 20.6. The van der Waals surface area contributed by atoms with Crippen LogP contribution in [-0.2, 0) is 11.2 Å². The number of rotatable bonds is 1. The van der Waals surface area contributed by atoms with Gasteiger partial charge in [-0.15, -0.1) is 0 Å². The third-order valence-corrected chi connectivity index (χ3v) is 2.42. The van der Waals surface area contributed by atoms with Crippen LogP contribution in [0.2, 0.25) is 0 Å². The van der Waals surface area contributed by atoms with Crippen LogP contribution in [0.5, 0.6) is 5.75 Å². The van der Waals surface area contributed by atoms with E-state index in [-0.39, 0.29) is 6.10 Å². The molecule has 1 aliphatic heterocycles. The van der Waals surface area contributed by atoms with Gasteiger partial charge in [-0.3, -0.25) is 0 Å². The van der Waals surface area contributed by atoms with Crippen LogP contribution in [0.25, 0.3) is 0 Å². The highest BCUT2D eigenvalue weighted by Gasteiger charge is 2.18. The summed E-state index contributed by atoms with van der Waals surface area (Å²) in [6, 6.07) is 6.28. The molecular weight excluding hydrogens is 164 g/mol. The topological polar surface area (TPSA) is 18.5 Å². The van der Waals surface area contributed by atoms with E-state index in [0.717, 1.165) is 12.2 Å². The van der Waals surface area contributed by atoms with Gasteiger partial charge in [-0.25, -0.2) is 0 Å². The fourth-order valence-corrected chi connectivity index (χ4v) is 1.65. The first-order valence-corrected chi connectivity index (χ1v) is 4.54. The molecule has 0 amide bonds. The smallest absolute Gasteiger partial charge is 0.122 e. The molecule has 2 heteroatoms. The maximum absolute atomic E-state index is 5.56. The van der Waals surface area contributed by atoms with Crippen molar-refractivity contribution < 1.29 is 9.47 Å². The molecule has 0 radical (unpaired) electrons. The van der Waals surface area contributed by atoms with E-state index in [1.54, 1.807) is 7.11 Å². The minimum absolute atomic E-state index is 0.217. The second kappa shape index (κ2) is 3.38. The molecule has 0 aliphatic carbocycles. The summed E-state index contributed by atoms with van der Waals surface area (Å²) < 4.78 is 10.8. The van der Waals surface area contributed by atoms with Crippen molar-refractivity contribution in [2.45, 2.75) is 19.4 Å². The molecular formula is C11H14O2. The summed E-state index contributed by atoms with van der Waals surface area (Å²) in [6.45, 7) is 2.77. The summed E-state index contributed by atoms with van der Waals surface area (Å²) in [6.07, 6.45) is 1.18. The van der Waals surface area contributed by atoms with Crippen LogP contribution < -0.4 is 4.74 Å². The van der Waals surface area contributed by atoms with Crippen LogP contribution in [0.3, 0.4) is 0 Å². The first-order chi connectivity index (χ1) is 6.29. The van der Waals surface area contributed by atoms with Crippen molar-refractivity contribution in [3.05, 3.63) is 29.3 Å². The first-order valence-electron chi connectivity index (χ1n) is 4.54. The Morgan fingerprint density at radius 2 is 2.31 bits per heavy atom. The summed E-state index contributed by atoms with van der Waals surface area (Å²) in [7, 11) is 1.73. The van der Waals surface area contributed by atoms with Crippen LogP contribution >= 0.6 is 0 Å². The van der Waals surface area contributed by atoms with Crippen molar-refractivity contribution in [3.63, 3.8) is 0 Å². The van der Waals surface area contributed by atoms with E-state index in [2.05, 4.69) is 19.1 Å². The van der Waals surface area contributed by atoms with E-state index in [0.29, 0.717) is 6.61 Å². The van der Waals surface area contributed by atoms with E-state index >= 15 is 0 Å². The van der Waals surface area contributed by atoms with Gasteiger partial charge in [-0.05, 0) is 18.6 Å². The van der Waals surface area contributed by atoms with Gasteiger partial charge in [0.05, 0.1) is 6.10 Å². The molecule has 2 rings (SSSR count). The number of hydrogen-bond donors (Lipinski definition) is 0. The van der Waals surface area contributed by atoms with E-state index in [9.17, 15) is 0 Å². The first kappa shape index (κ1) is 8.57. The third-order valence-electron chi connectivity index (χ3n) is 2.42. The van der Waals surface area contributed by atoms with Crippen LogP contribution in [0.1, 0.15) is 11.1 Å². The van der Waals surface area contributed by atoms with Crippen molar-refractivity contribution in [1.29, 1.82) is 0 Å². The number of ether oxygens (including phenoxy) is 2. The second-order valence-electron chi connectivity index (χ2n) is 3.48. The van der Waals surface area contributed by atoms with E-state index in [1.165, 1.54) is 11.1 Å². The molecule has 1 aliphatic rings. The standard InChI is InChI=1S/C11H14O2/c1-8-3-4-11-9(5-8)6-10(12-2)7-13-11/h3-5,10H,6-7H2,1-2H3. The highest BCUT2D eigenvalue weighted by atomic mass is 16.5. The van der Waals surface area contributed by atoms with E-state index < -0.39 is 0 Å². The molecule has 0 N–H and O–H groups in total. The van der Waals surface area contributed by atoms with Crippen LogP contribution in [0.4, 0.5) is 0 Å². The van der Waals surface area contributed by atoms with Crippen LogP contribution in [0, 0.1) is 6.92 Å². The molecule has 1 heterocycles. The van der Waals surface area contributed by atoms with Crippen molar-refractivity contribution in [3.8, 4) is 5.75 Å². The Bertz CT molecular complexity index is 307. The molecule has 2 nitrogen and oxygen atoms in total. The minimum atomic E-state index is 0.217. The number of fused-ring (bicyclic) bond motifs is 1. The molecule has 0 bridgehead atoms. The van der Waals surface area contributed by atoms with E-state index in [4.69, 9.17) is 9.47 Å². The summed E-state index contributed by atoms with van der Waals surface area (Å²) in [5.41, 5.74) is 2.54. The molecule has 0 fully saturated rings. The Kier molecular flexibility index (Phi) is 2.23. The second-order valence-corrected chi connectivity index (χ2v) is 3.48. The Balaban J connectivity index is 2.27. The van der Waals surface area contributed by atoms with Gasteiger partial charge in [0.15, 0.2) is 0 Å². The Morgan fingerprint density at radius 1 is 1.46 bits per heavy atom. The SMILES string of the molecule is COC1COc2ccc(C)cc2C1. The molecule has 70 valence electrons. The van der Waals surface area contributed by atoms with Gasteiger partial charge >= 0.3 is 0 Å². The molecule has 0 aromatic heterocycles. The monoisotopic (exact) mass is 178 g/mol. The highest BCUT2D eigenvalue weighted by Crippen LogP contribution is 2.26. The molecule has 1 aromatic rings. The zero-order valence-electron chi connectivity index (χ0n) is 8.04. The molecule has 0 saturated carbocycles. The van der Waals surface area contributed by atoms with Crippen LogP contribution in [0.15, 0.2) is 18.2 Å². The lowest BCUT2D eigenvalue weighted by molar-refractivity contribution is 0.0467. The van der Waals surface area contributed by atoms with Crippen molar-refractivity contribution in [2.24, 2.45) is 0 Å². The predicted octanol–water partition coefficient (Wildman–Crippen LogP) is 1.94. The molecule has 13 heavy (non-hydrogen) atoms. The Labute approximate surface area is 78.5 Å². The van der Waals surface area contributed by atoms with Gasteiger partial charge in [-0.1, -0.05) is 17.7 Å². The van der Waals surface area contributed by atoms with Gasteiger partial charge in [0, 0.05) is 13.5 Å². The van der Waals surface area contributed by atoms with Gasteiger partial charge in [0.1, 0.15) is 12.4 Å². The number of aryl methyl sites for hydroxylation is 1. The molecule has 0 saturated heterocycles. The lowest BCUT2D eigenvalue weighted by Gasteiger charge is -2.24. The minimum Gasteiger partial charge on any atom is -0.491 e. The molecule has 1 aromatic carbocycles. The Morgan fingerprint density at radius 3 is 3.08 bits per heavy atom. The lowest BCUT2D eigenvalue weighted by atomic mass is 10.0. The van der Waals surface area contributed by atoms with Crippen LogP contribution in [-0.4, -0.2) is 19.8 Å². The van der Waals surface area contributed by atoms with Gasteiger partial charge < -0.3 is 9.47 Å². The number of benzene rings is 1. The molecule has 1 unspecified atom stereocenters. The predicted molar refractivity (Wildman–Crippen MR) is 51.2 cm³/mol. The van der Waals surface area contributed by atoms with Crippen molar-refractivity contribution >= 4 is 0 Å². The number of methoxy groups -OCH3 is 1. The third kappa shape index (κ3) is 1.68. The fraction of sp³-hybridized carbons (Fsp3) is 0.455. The average Bonchev–Trinajstić information content (AvgIpc) is 2.16. The largest absolute Gasteiger partial charge is 0.491 e. The van der Waals surface area contributed by atoms with Gasteiger partial charge in [0.25, 0.3) is 0 Å². The van der Waals surface area contributed by atoms with Gasteiger partial charge in [-0.2, -0.15) is 0 Å². The summed E-state index contributed by atoms with van der Waals surface area (Å²) in [4.78, 5) is 0. The van der Waals surface area contributed by atoms with Crippen molar-refractivity contribution in [1.82, 2.24) is 0 Å². The van der Waals surface area contributed by atoms with Crippen molar-refractivity contribution in [2.75, 3.05) is 13.7 Å². The number of hydrogen-bond acceptors (Lipinski definition) is 2. The van der Waals surface area contributed by atoms with E-state index in [1.807, 2.05) is 6.07 Å². The maximum atomic E-state index is 5.56. The average molecular weight is 178 g/mol. The maximum Gasteiger partial charge on any atom is 0.122 e. The zero-order chi connectivity index (χ0) is 9.26. The quantitative estimate of drug-likeness (QED) is 0.654. The lowest BCUT2D eigenvalue weighted by Crippen LogP contribution is -2.27. The Hall–Kier alpha value is -1.02. The molecule has 1 atom stereocenters. The summed E-state index contributed by atoms with van der Waals surface area (Å²) >= 11 is 0. The highest BCUT2D eigenvalue weighted by molar-refractivity contribution is 5.38. The zero-order valence-corrected chi connectivity index (χ0v) is 8.04.